The highest BCUT2D eigenvalue weighted by molar-refractivity contribution is 5.81. The second-order valence-electron chi connectivity index (χ2n) is 6.15. The lowest BCUT2D eigenvalue weighted by Crippen LogP contribution is -2.53. The van der Waals surface area contributed by atoms with Crippen molar-refractivity contribution in [2.24, 2.45) is 5.73 Å². The summed E-state index contributed by atoms with van der Waals surface area (Å²) in [5, 5.41) is 0. The van der Waals surface area contributed by atoms with E-state index >= 15 is 0 Å². The molecule has 0 aliphatic carbocycles. The SMILES string of the molecule is C[C@H](N)C(=O)N1CCCC[C@@H]1CN(C)Cc1ccccc1. The molecule has 4 heteroatoms. The van der Waals surface area contributed by atoms with Crippen LogP contribution in [0.5, 0.6) is 0 Å². The fourth-order valence-corrected chi connectivity index (χ4v) is 3.06. The van der Waals surface area contributed by atoms with Gasteiger partial charge in [-0.2, -0.15) is 0 Å². The van der Waals surface area contributed by atoms with Crippen molar-refractivity contribution >= 4 is 5.91 Å². The van der Waals surface area contributed by atoms with Crippen LogP contribution in [0.3, 0.4) is 0 Å². The first-order chi connectivity index (χ1) is 10.1. The largest absolute Gasteiger partial charge is 0.337 e. The van der Waals surface area contributed by atoms with Crippen molar-refractivity contribution in [3.63, 3.8) is 0 Å². The average molecular weight is 289 g/mol. The Labute approximate surface area is 127 Å². The van der Waals surface area contributed by atoms with E-state index in [-0.39, 0.29) is 5.91 Å². The van der Waals surface area contributed by atoms with E-state index in [0.717, 1.165) is 32.5 Å². The van der Waals surface area contributed by atoms with Gasteiger partial charge in [-0.1, -0.05) is 30.3 Å². The summed E-state index contributed by atoms with van der Waals surface area (Å²) < 4.78 is 0. The highest BCUT2D eigenvalue weighted by Gasteiger charge is 2.28. The van der Waals surface area contributed by atoms with Crippen LogP contribution in [0.2, 0.25) is 0 Å². The molecule has 0 spiro atoms. The van der Waals surface area contributed by atoms with Gasteiger partial charge in [-0.05, 0) is 38.8 Å². The summed E-state index contributed by atoms with van der Waals surface area (Å²) in [7, 11) is 2.12. The van der Waals surface area contributed by atoms with E-state index in [1.807, 2.05) is 11.0 Å². The van der Waals surface area contributed by atoms with Crippen molar-refractivity contribution in [1.29, 1.82) is 0 Å². The summed E-state index contributed by atoms with van der Waals surface area (Å²) in [5.41, 5.74) is 7.08. The number of likely N-dealkylation sites (tertiary alicyclic amines) is 1. The Balaban J connectivity index is 1.94. The van der Waals surface area contributed by atoms with E-state index in [1.54, 1.807) is 6.92 Å². The lowest BCUT2D eigenvalue weighted by Gasteiger charge is -2.38. The summed E-state index contributed by atoms with van der Waals surface area (Å²) in [6.07, 6.45) is 3.38. The predicted molar refractivity (Wildman–Crippen MR) is 85.8 cm³/mol. The van der Waals surface area contributed by atoms with Gasteiger partial charge in [-0.15, -0.1) is 0 Å². The molecule has 1 aliphatic heterocycles. The topological polar surface area (TPSA) is 49.6 Å². The molecule has 21 heavy (non-hydrogen) atoms. The van der Waals surface area contributed by atoms with Gasteiger partial charge < -0.3 is 15.5 Å². The van der Waals surface area contributed by atoms with Crippen molar-refractivity contribution in [2.45, 2.75) is 44.8 Å². The fourth-order valence-electron chi connectivity index (χ4n) is 3.06. The molecule has 2 N–H and O–H groups in total. The summed E-state index contributed by atoms with van der Waals surface area (Å²) in [5.74, 6) is 0.0906. The van der Waals surface area contributed by atoms with E-state index in [0.29, 0.717) is 6.04 Å². The van der Waals surface area contributed by atoms with E-state index in [1.165, 1.54) is 12.0 Å². The van der Waals surface area contributed by atoms with Crippen LogP contribution < -0.4 is 5.73 Å². The van der Waals surface area contributed by atoms with E-state index in [9.17, 15) is 4.79 Å². The van der Waals surface area contributed by atoms with Gasteiger partial charge in [-0.3, -0.25) is 4.79 Å². The standard InChI is InChI=1S/C17H27N3O/c1-14(18)17(21)20-11-7-6-10-16(20)13-19(2)12-15-8-4-3-5-9-15/h3-5,8-9,14,16H,6-7,10-13,18H2,1-2H3/t14-,16+/m0/s1. The minimum Gasteiger partial charge on any atom is -0.337 e. The lowest BCUT2D eigenvalue weighted by atomic mass is 10.0. The molecule has 1 aliphatic rings. The average Bonchev–Trinajstić information content (AvgIpc) is 2.48. The molecule has 1 amide bonds. The predicted octanol–water partition coefficient (Wildman–Crippen LogP) is 1.85. The molecular weight excluding hydrogens is 262 g/mol. The molecule has 2 rings (SSSR count). The van der Waals surface area contributed by atoms with Crippen LogP contribution in [0, 0.1) is 0 Å². The molecule has 0 unspecified atom stereocenters. The molecule has 1 saturated heterocycles. The van der Waals surface area contributed by atoms with Crippen LogP contribution >= 0.6 is 0 Å². The molecule has 1 heterocycles. The number of benzene rings is 1. The number of carbonyl (C=O) groups excluding carboxylic acids is 1. The third-order valence-electron chi connectivity index (χ3n) is 4.12. The van der Waals surface area contributed by atoms with Crippen LogP contribution in [0.15, 0.2) is 30.3 Å². The monoisotopic (exact) mass is 289 g/mol. The van der Waals surface area contributed by atoms with Crippen molar-refractivity contribution in [2.75, 3.05) is 20.1 Å². The number of carbonyl (C=O) groups is 1. The minimum absolute atomic E-state index is 0.0906. The molecular formula is C17H27N3O. The second-order valence-corrected chi connectivity index (χ2v) is 6.15. The number of nitrogens with two attached hydrogens (primary N) is 1. The molecule has 1 aromatic carbocycles. The summed E-state index contributed by atoms with van der Waals surface area (Å²) in [6, 6.07) is 10.3. The maximum absolute atomic E-state index is 12.2. The molecule has 0 saturated carbocycles. The molecule has 4 nitrogen and oxygen atoms in total. The Kier molecular flexibility index (Phi) is 5.76. The first-order valence-electron chi connectivity index (χ1n) is 7.86. The molecule has 116 valence electrons. The van der Waals surface area contributed by atoms with Gasteiger partial charge in [0.15, 0.2) is 0 Å². The number of rotatable bonds is 5. The quantitative estimate of drug-likeness (QED) is 0.900. The fraction of sp³-hybridized carbons (Fsp3) is 0.588. The van der Waals surface area contributed by atoms with Gasteiger partial charge >= 0.3 is 0 Å². The van der Waals surface area contributed by atoms with E-state index < -0.39 is 6.04 Å². The van der Waals surface area contributed by atoms with E-state index in [2.05, 4.69) is 36.2 Å². The Bertz CT molecular complexity index is 447. The van der Waals surface area contributed by atoms with Gasteiger partial charge in [-0.25, -0.2) is 0 Å². The number of hydrogen-bond donors (Lipinski definition) is 1. The summed E-state index contributed by atoms with van der Waals surface area (Å²) in [6.45, 7) is 4.46. The molecule has 1 aromatic rings. The number of amides is 1. The van der Waals surface area contributed by atoms with Gasteiger partial charge in [0.1, 0.15) is 0 Å². The Morgan fingerprint density at radius 2 is 2.10 bits per heavy atom. The molecule has 0 bridgehead atoms. The molecule has 0 radical (unpaired) electrons. The van der Waals surface area contributed by atoms with Gasteiger partial charge in [0.2, 0.25) is 5.91 Å². The third kappa shape index (κ3) is 4.55. The first-order valence-corrected chi connectivity index (χ1v) is 7.86. The maximum atomic E-state index is 12.2. The van der Waals surface area contributed by atoms with Gasteiger partial charge in [0, 0.05) is 25.7 Å². The number of likely N-dealkylation sites (N-methyl/N-ethyl adjacent to an activating group) is 1. The number of nitrogens with zero attached hydrogens (tertiary/aromatic N) is 2. The Hall–Kier alpha value is -1.39. The highest BCUT2D eigenvalue weighted by Crippen LogP contribution is 2.19. The first kappa shape index (κ1) is 16.0. The van der Waals surface area contributed by atoms with Crippen LogP contribution in [-0.4, -0.2) is 47.9 Å². The van der Waals surface area contributed by atoms with Crippen LogP contribution in [0.25, 0.3) is 0 Å². The van der Waals surface area contributed by atoms with Crippen LogP contribution in [0.1, 0.15) is 31.7 Å². The van der Waals surface area contributed by atoms with Gasteiger partial charge in [0.25, 0.3) is 0 Å². The Morgan fingerprint density at radius 3 is 2.76 bits per heavy atom. The zero-order valence-corrected chi connectivity index (χ0v) is 13.2. The number of piperidine rings is 1. The maximum Gasteiger partial charge on any atom is 0.239 e. The summed E-state index contributed by atoms with van der Waals surface area (Å²) >= 11 is 0. The zero-order chi connectivity index (χ0) is 15.2. The summed E-state index contributed by atoms with van der Waals surface area (Å²) in [4.78, 5) is 16.5. The van der Waals surface area contributed by atoms with Crippen molar-refractivity contribution < 1.29 is 4.79 Å². The normalized spacial score (nSPS) is 20.6. The lowest BCUT2D eigenvalue weighted by molar-refractivity contribution is -0.136. The molecule has 2 atom stereocenters. The smallest absolute Gasteiger partial charge is 0.239 e. The minimum atomic E-state index is -0.398. The van der Waals surface area contributed by atoms with E-state index in [4.69, 9.17) is 5.73 Å². The van der Waals surface area contributed by atoms with Crippen LogP contribution in [-0.2, 0) is 11.3 Å². The Morgan fingerprint density at radius 1 is 1.38 bits per heavy atom. The zero-order valence-electron chi connectivity index (χ0n) is 13.2. The second kappa shape index (κ2) is 7.57. The number of hydrogen-bond acceptors (Lipinski definition) is 3. The third-order valence-corrected chi connectivity index (χ3v) is 4.12. The molecule has 0 aromatic heterocycles. The van der Waals surface area contributed by atoms with Crippen LogP contribution in [0.4, 0.5) is 0 Å². The van der Waals surface area contributed by atoms with Crippen molar-refractivity contribution in [1.82, 2.24) is 9.80 Å². The molecule has 1 fully saturated rings. The van der Waals surface area contributed by atoms with Gasteiger partial charge in [0.05, 0.1) is 6.04 Å². The van der Waals surface area contributed by atoms with Crippen molar-refractivity contribution in [3.05, 3.63) is 35.9 Å². The highest BCUT2D eigenvalue weighted by atomic mass is 16.2. The van der Waals surface area contributed by atoms with Crippen molar-refractivity contribution in [3.8, 4) is 0 Å².